The molecule has 0 amide bonds. The van der Waals surface area contributed by atoms with Crippen LogP contribution in [0.4, 0.5) is 5.69 Å². The number of aliphatic hydroxyl groups is 2. The summed E-state index contributed by atoms with van der Waals surface area (Å²) in [5.74, 6) is 0.00400. The molecule has 0 bridgehead atoms. The van der Waals surface area contributed by atoms with Gasteiger partial charge in [0.1, 0.15) is 6.10 Å². The number of alkyl halides is 1. The maximum Gasteiger partial charge on any atom is 0.106 e. The summed E-state index contributed by atoms with van der Waals surface area (Å²) >= 11 is 5.49. The van der Waals surface area contributed by atoms with Crippen LogP contribution in [-0.2, 0) is 0 Å². The van der Waals surface area contributed by atoms with Crippen molar-refractivity contribution in [2.45, 2.75) is 26.1 Å². The number of hydrogen-bond acceptors (Lipinski definition) is 3. The predicted molar refractivity (Wildman–Crippen MR) is 62.0 cm³/mol. The van der Waals surface area contributed by atoms with Crippen LogP contribution in [0.1, 0.15) is 22.8 Å². The van der Waals surface area contributed by atoms with E-state index in [9.17, 15) is 10.2 Å². The molecule has 0 fully saturated rings. The zero-order valence-electron chi connectivity index (χ0n) is 8.87. The smallest absolute Gasteiger partial charge is 0.106 e. The molecule has 3 nitrogen and oxygen atoms in total. The van der Waals surface area contributed by atoms with Crippen LogP contribution < -0.4 is 5.73 Å². The van der Waals surface area contributed by atoms with E-state index in [0.29, 0.717) is 11.3 Å². The Labute approximate surface area is 94.5 Å². The summed E-state index contributed by atoms with van der Waals surface area (Å²) in [5, 5.41) is 19.3. The number of nitrogens with two attached hydrogens (primary N) is 1. The highest BCUT2D eigenvalue weighted by atomic mass is 35.5. The Morgan fingerprint density at radius 3 is 2.40 bits per heavy atom. The highest BCUT2D eigenvalue weighted by Gasteiger charge is 2.20. The second-order valence-corrected chi connectivity index (χ2v) is 3.97. The minimum absolute atomic E-state index is 0.00400. The minimum atomic E-state index is -0.957. The van der Waals surface area contributed by atoms with Gasteiger partial charge < -0.3 is 15.9 Å². The number of halogens is 1. The van der Waals surface area contributed by atoms with Crippen LogP contribution in [0.2, 0.25) is 0 Å². The van der Waals surface area contributed by atoms with Gasteiger partial charge in [-0.1, -0.05) is 6.07 Å². The highest BCUT2D eigenvalue weighted by molar-refractivity contribution is 6.18. The fourth-order valence-electron chi connectivity index (χ4n) is 1.47. The molecule has 0 aromatic heterocycles. The van der Waals surface area contributed by atoms with Gasteiger partial charge in [0.15, 0.2) is 0 Å². The van der Waals surface area contributed by atoms with Gasteiger partial charge in [-0.3, -0.25) is 0 Å². The Morgan fingerprint density at radius 2 is 1.87 bits per heavy atom. The van der Waals surface area contributed by atoms with Crippen LogP contribution in [0.25, 0.3) is 0 Å². The molecule has 1 rings (SSSR count). The standard InChI is InChI=1S/C11H16ClNO2/c1-6-7(2)9(13)4-3-8(6)11(15)10(14)5-12/h3-4,10-11,14-15H,5,13H2,1-2H3. The van der Waals surface area contributed by atoms with E-state index in [4.69, 9.17) is 17.3 Å². The van der Waals surface area contributed by atoms with Crippen molar-refractivity contribution in [2.75, 3.05) is 11.6 Å². The topological polar surface area (TPSA) is 66.5 Å². The molecule has 4 N–H and O–H groups in total. The molecule has 0 spiro atoms. The first-order chi connectivity index (χ1) is 6.99. The monoisotopic (exact) mass is 229 g/mol. The molecule has 4 heteroatoms. The lowest BCUT2D eigenvalue weighted by molar-refractivity contribution is 0.0323. The fraction of sp³-hybridized carbons (Fsp3) is 0.455. The first-order valence-corrected chi connectivity index (χ1v) is 5.30. The van der Waals surface area contributed by atoms with E-state index in [2.05, 4.69) is 0 Å². The molecular formula is C11H16ClNO2. The van der Waals surface area contributed by atoms with Gasteiger partial charge in [0, 0.05) is 5.69 Å². The van der Waals surface area contributed by atoms with Crippen molar-refractivity contribution in [2.24, 2.45) is 0 Å². The molecule has 0 saturated heterocycles. The lowest BCUT2D eigenvalue weighted by atomic mass is 9.95. The van der Waals surface area contributed by atoms with E-state index >= 15 is 0 Å². The first kappa shape index (κ1) is 12.3. The summed E-state index contributed by atoms with van der Waals surface area (Å²) in [5.41, 5.74) is 8.91. The SMILES string of the molecule is Cc1c(N)ccc(C(O)C(O)CCl)c1C. The summed E-state index contributed by atoms with van der Waals surface area (Å²) in [4.78, 5) is 0. The lowest BCUT2D eigenvalue weighted by Gasteiger charge is -2.19. The Morgan fingerprint density at radius 1 is 1.27 bits per heavy atom. The normalized spacial score (nSPS) is 15.0. The minimum Gasteiger partial charge on any atom is -0.399 e. The molecule has 15 heavy (non-hydrogen) atoms. The van der Waals surface area contributed by atoms with Gasteiger partial charge in [-0.2, -0.15) is 0 Å². The van der Waals surface area contributed by atoms with Crippen LogP contribution in [0.15, 0.2) is 12.1 Å². The van der Waals surface area contributed by atoms with E-state index < -0.39 is 12.2 Å². The van der Waals surface area contributed by atoms with Gasteiger partial charge in [-0.25, -0.2) is 0 Å². The maximum absolute atomic E-state index is 9.81. The number of nitrogen functional groups attached to an aromatic ring is 1. The van der Waals surface area contributed by atoms with E-state index in [1.807, 2.05) is 13.8 Å². The molecule has 1 aromatic carbocycles. The average molecular weight is 230 g/mol. The third-order valence-corrected chi connectivity index (χ3v) is 3.03. The third-order valence-electron chi connectivity index (χ3n) is 2.71. The van der Waals surface area contributed by atoms with Crippen LogP contribution in [0.5, 0.6) is 0 Å². The van der Waals surface area contributed by atoms with E-state index in [0.717, 1.165) is 11.1 Å². The van der Waals surface area contributed by atoms with Crippen LogP contribution in [-0.4, -0.2) is 22.2 Å². The first-order valence-electron chi connectivity index (χ1n) is 4.76. The van der Waals surface area contributed by atoms with Crippen molar-refractivity contribution in [1.29, 1.82) is 0 Å². The number of anilines is 1. The molecule has 0 aliphatic rings. The summed E-state index contributed by atoms with van der Waals surface area (Å²) in [7, 11) is 0. The van der Waals surface area contributed by atoms with Gasteiger partial charge >= 0.3 is 0 Å². The summed E-state index contributed by atoms with van der Waals surface area (Å²) in [6.07, 6.45) is -1.91. The number of hydrogen-bond donors (Lipinski definition) is 3. The van der Waals surface area contributed by atoms with Crippen LogP contribution in [0, 0.1) is 13.8 Å². The zero-order valence-corrected chi connectivity index (χ0v) is 9.62. The molecule has 1 aromatic rings. The second-order valence-electron chi connectivity index (χ2n) is 3.66. The van der Waals surface area contributed by atoms with E-state index in [-0.39, 0.29) is 5.88 Å². The highest BCUT2D eigenvalue weighted by Crippen LogP contribution is 2.26. The summed E-state index contributed by atoms with van der Waals surface area (Å²) < 4.78 is 0. The Hall–Kier alpha value is -0.770. The van der Waals surface area contributed by atoms with Gasteiger partial charge in [-0.15, -0.1) is 11.6 Å². The Bertz CT molecular complexity index is 355. The largest absolute Gasteiger partial charge is 0.399 e. The number of rotatable bonds is 3. The van der Waals surface area contributed by atoms with Gasteiger partial charge in [0.25, 0.3) is 0 Å². The number of aliphatic hydroxyl groups excluding tert-OH is 2. The predicted octanol–water partition coefficient (Wildman–Crippen LogP) is 1.52. The van der Waals surface area contributed by atoms with Gasteiger partial charge in [0.2, 0.25) is 0 Å². The van der Waals surface area contributed by atoms with Crippen molar-refractivity contribution in [3.05, 3.63) is 28.8 Å². The second kappa shape index (κ2) is 4.84. The molecule has 0 radical (unpaired) electrons. The molecule has 0 saturated carbocycles. The fourth-order valence-corrected chi connectivity index (χ4v) is 1.64. The molecule has 0 aliphatic carbocycles. The molecule has 2 unspecified atom stereocenters. The van der Waals surface area contributed by atoms with E-state index in [1.54, 1.807) is 12.1 Å². The molecule has 0 aliphatic heterocycles. The van der Waals surface area contributed by atoms with Crippen molar-refractivity contribution in [3.63, 3.8) is 0 Å². The van der Waals surface area contributed by atoms with Crippen molar-refractivity contribution in [3.8, 4) is 0 Å². The number of benzene rings is 1. The Kier molecular flexibility index (Phi) is 3.97. The lowest BCUT2D eigenvalue weighted by Crippen LogP contribution is -2.20. The van der Waals surface area contributed by atoms with E-state index in [1.165, 1.54) is 0 Å². The zero-order chi connectivity index (χ0) is 11.6. The molecule has 84 valence electrons. The third kappa shape index (κ3) is 2.43. The molecular weight excluding hydrogens is 214 g/mol. The van der Waals surface area contributed by atoms with Gasteiger partial charge in [-0.05, 0) is 36.6 Å². The molecule has 2 atom stereocenters. The Balaban J connectivity index is 3.10. The van der Waals surface area contributed by atoms with Crippen molar-refractivity contribution >= 4 is 17.3 Å². The maximum atomic E-state index is 9.81. The average Bonchev–Trinajstić information content (AvgIpc) is 2.24. The van der Waals surface area contributed by atoms with Crippen molar-refractivity contribution < 1.29 is 10.2 Å². The quantitative estimate of drug-likeness (QED) is 0.544. The summed E-state index contributed by atoms with van der Waals surface area (Å²) in [6, 6.07) is 3.44. The molecule has 0 heterocycles. The van der Waals surface area contributed by atoms with Crippen LogP contribution in [0.3, 0.4) is 0 Å². The van der Waals surface area contributed by atoms with Gasteiger partial charge in [0.05, 0.1) is 12.0 Å². The summed E-state index contributed by atoms with van der Waals surface area (Å²) in [6.45, 7) is 3.75. The van der Waals surface area contributed by atoms with Crippen LogP contribution >= 0.6 is 11.6 Å². The van der Waals surface area contributed by atoms with Crippen molar-refractivity contribution in [1.82, 2.24) is 0 Å².